The molecule has 1 heteroatoms. The molecule has 59 valence electrons. The maximum absolute atomic E-state index is 2.28. The zero-order valence-corrected chi connectivity index (χ0v) is 8.11. The predicted molar refractivity (Wildman–Crippen MR) is 45.1 cm³/mol. The first-order valence-electron chi connectivity index (χ1n) is 3.81. The number of rotatable bonds is 2. The van der Waals surface area contributed by atoms with E-state index in [0.717, 1.165) is 0 Å². The standard InChI is InChI=1S/2C5H5.Ru.H/c2*1-2-4-5-3-1;;/h2*1-3H,4H2;;. The van der Waals surface area contributed by atoms with Crippen molar-refractivity contribution in [3.05, 3.63) is 44.8 Å². The van der Waals surface area contributed by atoms with E-state index in [1.54, 1.807) is 8.33 Å². The van der Waals surface area contributed by atoms with E-state index >= 15 is 0 Å². The molecule has 0 nitrogen and oxygen atoms in total. The van der Waals surface area contributed by atoms with E-state index in [-0.39, 0.29) is 17.1 Å². The molecule has 0 N–H and O–H groups in total. The second-order valence-electron chi connectivity index (χ2n) is 2.59. The fourth-order valence-corrected chi connectivity index (χ4v) is 3.39. The third-order valence-corrected chi connectivity index (χ3v) is 4.27. The van der Waals surface area contributed by atoms with Crippen molar-refractivity contribution in [2.24, 2.45) is 0 Å². The van der Waals surface area contributed by atoms with Gasteiger partial charge in [-0.15, -0.1) is 0 Å². The van der Waals surface area contributed by atoms with Gasteiger partial charge in [0.1, 0.15) is 0 Å². The Labute approximate surface area is 75.0 Å². The van der Waals surface area contributed by atoms with Crippen LogP contribution >= 0.6 is 0 Å². The molecule has 0 aromatic carbocycles. The van der Waals surface area contributed by atoms with Gasteiger partial charge in [0.25, 0.3) is 0 Å². The third-order valence-electron chi connectivity index (χ3n) is 1.69. The molecule has 0 radical (unpaired) electrons. The Hall–Kier alpha value is -0.417. The quantitative estimate of drug-likeness (QED) is 0.642. The van der Waals surface area contributed by atoms with Crippen molar-refractivity contribution < 1.29 is 17.1 Å². The monoisotopic (exact) mass is 233 g/mol. The first kappa shape index (κ1) is 7.24. The zero-order valence-electron chi connectivity index (χ0n) is 6.26. The summed E-state index contributed by atoms with van der Waals surface area (Å²) in [6.07, 6.45) is 15.8. The second-order valence-corrected chi connectivity index (χ2v) is 5.44. The van der Waals surface area contributed by atoms with Crippen LogP contribution in [0.15, 0.2) is 44.8 Å². The van der Waals surface area contributed by atoms with Crippen LogP contribution in [0.2, 0.25) is 0 Å². The minimum atomic E-state index is 0.215. The fraction of sp³-hybridized carbons (Fsp3) is 0.200. The van der Waals surface area contributed by atoms with Crippen molar-refractivity contribution >= 4 is 0 Å². The molecule has 0 amide bonds. The summed E-state index contributed by atoms with van der Waals surface area (Å²) >= 11 is 0.215. The second kappa shape index (κ2) is 3.32. The first-order chi connectivity index (χ1) is 5.45. The molecular weight excluding hydrogens is 221 g/mol. The molecule has 0 fully saturated rings. The van der Waals surface area contributed by atoms with Gasteiger partial charge in [-0.3, -0.25) is 0 Å². The summed E-state index contributed by atoms with van der Waals surface area (Å²) in [5.74, 6) is 0. The molecular formula is C10H11Ru. The van der Waals surface area contributed by atoms with E-state index in [4.69, 9.17) is 0 Å². The van der Waals surface area contributed by atoms with Crippen molar-refractivity contribution in [3.8, 4) is 0 Å². The summed E-state index contributed by atoms with van der Waals surface area (Å²) in [5.41, 5.74) is 0. The Kier molecular flexibility index (Phi) is 2.19. The van der Waals surface area contributed by atoms with Crippen LogP contribution in [0, 0.1) is 0 Å². The summed E-state index contributed by atoms with van der Waals surface area (Å²) in [7, 11) is 0. The molecule has 0 aromatic heterocycles. The van der Waals surface area contributed by atoms with Gasteiger partial charge < -0.3 is 0 Å². The van der Waals surface area contributed by atoms with Gasteiger partial charge in [-0.25, -0.2) is 0 Å². The van der Waals surface area contributed by atoms with Gasteiger partial charge in [0.15, 0.2) is 0 Å². The van der Waals surface area contributed by atoms with Crippen LogP contribution in [0.1, 0.15) is 12.8 Å². The summed E-state index contributed by atoms with van der Waals surface area (Å²) in [4.78, 5) is 0. The van der Waals surface area contributed by atoms with E-state index in [1.165, 1.54) is 12.8 Å². The molecule has 2 aliphatic rings. The van der Waals surface area contributed by atoms with Crippen molar-refractivity contribution in [3.63, 3.8) is 0 Å². The van der Waals surface area contributed by atoms with Gasteiger partial charge in [0.05, 0.1) is 0 Å². The summed E-state index contributed by atoms with van der Waals surface area (Å²) in [6.45, 7) is 0. The van der Waals surface area contributed by atoms with E-state index in [1.807, 2.05) is 0 Å². The van der Waals surface area contributed by atoms with E-state index < -0.39 is 0 Å². The molecule has 0 saturated heterocycles. The molecule has 0 aliphatic heterocycles. The fourth-order valence-electron chi connectivity index (χ4n) is 1.14. The van der Waals surface area contributed by atoms with Crippen molar-refractivity contribution in [2.75, 3.05) is 0 Å². The average Bonchev–Trinajstić information content (AvgIpc) is 2.60. The normalized spacial score (nSPS) is 21.1. The third kappa shape index (κ3) is 1.78. The molecule has 0 spiro atoms. The summed E-state index contributed by atoms with van der Waals surface area (Å²) in [5, 5.41) is 0. The van der Waals surface area contributed by atoms with Gasteiger partial charge >= 0.3 is 74.8 Å². The Bertz CT molecular complexity index is 239. The number of allylic oxidation sites excluding steroid dienone is 8. The average molecular weight is 232 g/mol. The molecule has 0 heterocycles. The van der Waals surface area contributed by atoms with Gasteiger partial charge in [-0.1, -0.05) is 0 Å². The topological polar surface area (TPSA) is 0 Å². The molecule has 11 heavy (non-hydrogen) atoms. The van der Waals surface area contributed by atoms with Gasteiger partial charge in [0.2, 0.25) is 0 Å². The minimum absolute atomic E-state index is 0.215. The number of hydrogen-bond donors (Lipinski definition) is 0. The first-order valence-corrected chi connectivity index (χ1v) is 5.67. The van der Waals surface area contributed by atoms with Gasteiger partial charge in [0, 0.05) is 0 Å². The Morgan fingerprint density at radius 1 is 0.909 bits per heavy atom. The number of hydrogen-bond acceptors (Lipinski definition) is 0. The summed E-state index contributed by atoms with van der Waals surface area (Å²) in [6, 6.07) is 0. The van der Waals surface area contributed by atoms with Crippen molar-refractivity contribution in [1.29, 1.82) is 0 Å². The molecule has 0 unspecified atom stereocenters. The molecule has 0 atom stereocenters. The van der Waals surface area contributed by atoms with E-state index in [2.05, 4.69) is 36.5 Å². The van der Waals surface area contributed by atoms with Crippen LogP contribution in [0.4, 0.5) is 0 Å². The van der Waals surface area contributed by atoms with Crippen LogP contribution in [0.3, 0.4) is 0 Å². The van der Waals surface area contributed by atoms with E-state index in [9.17, 15) is 0 Å². The van der Waals surface area contributed by atoms with Crippen molar-refractivity contribution in [1.82, 2.24) is 0 Å². The molecule has 0 bridgehead atoms. The van der Waals surface area contributed by atoms with Gasteiger partial charge in [-0.05, 0) is 0 Å². The molecule has 2 aliphatic carbocycles. The van der Waals surface area contributed by atoms with Crippen LogP contribution in [-0.4, -0.2) is 0 Å². The van der Waals surface area contributed by atoms with E-state index in [0.29, 0.717) is 0 Å². The maximum atomic E-state index is 2.28. The molecule has 2 rings (SSSR count). The van der Waals surface area contributed by atoms with Gasteiger partial charge in [-0.2, -0.15) is 0 Å². The Balaban J connectivity index is 1.91. The predicted octanol–water partition coefficient (Wildman–Crippen LogP) is 2.49. The van der Waals surface area contributed by atoms with Crippen molar-refractivity contribution in [2.45, 2.75) is 12.8 Å². The zero-order chi connectivity index (χ0) is 7.52. The SMILES string of the molecule is C1=CC[C]([RuH][C]2=CC=CC2)=C1. The van der Waals surface area contributed by atoms with Crippen LogP contribution in [-0.2, 0) is 17.1 Å². The Morgan fingerprint density at radius 3 is 1.82 bits per heavy atom. The van der Waals surface area contributed by atoms with Crippen LogP contribution < -0.4 is 0 Å². The molecule has 0 aromatic rings. The molecule has 0 saturated carbocycles. The Morgan fingerprint density at radius 2 is 1.45 bits per heavy atom. The summed E-state index contributed by atoms with van der Waals surface area (Å²) < 4.78 is 3.33. The van der Waals surface area contributed by atoms with Crippen LogP contribution in [0.25, 0.3) is 0 Å². The van der Waals surface area contributed by atoms with Crippen LogP contribution in [0.5, 0.6) is 0 Å².